The Morgan fingerprint density at radius 2 is 1.55 bits per heavy atom. The maximum absolute atomic E-state index is 6.25. The van der Waals surface area contributed by atoms with Crippen LogP contribution in [0.5, 0.6) is 0 Å². The maximum Gasteiger partial charge on any atom is 0.112 e. The van der Waals surface area contributed by atoms with E-state index in [0.717, 1.165) is 32.4 Å². The minimum Gasteiger partial charge on any atom is -0.378 e. The predicted octanol–water partition coefficient (Wildman–Crippen LogP) is 7.65. The van der Waals surface area contributed by atoms with Gasteiger partial charge in [-0.3, -0.25) is 0 Å². The van der Waals surface area contributed by atoms with E-state index >= 15 is 0 Å². The molecule has 3 aromatic carbocycles. The SMILES string of the molecule is COCc1nn(-c2ccccc2)c(Sc2cc(Cl)cc(Cl)c2)c1C=Cc1ccccc1. The molecule has 0 unspecified atom stereocenters. The number of para-hydroxylation sites is 1. The molecule has 3 nitrogen and oxygen atoms in total. The standard InChI is InChI=1S/C25H20Cl2N2OS/c1-30-17-24-23(13-12-18-8-4-2-5-9-18)25(29(28-24)21-10-6-3-7-11-21)31-22-15-19(26)14-20(27)16-22/h2-16H,17H2,1H3. The van der Waals surface area contributed by atoms with Crippen LogP contribution in [-0.4, -0.2) is 16.9 Å². The molecule has 31 heavy (non-hydrogen) atoms. The summed E-state index contributed by atoms with van der Waals surface area (Å²) in [5, 5.41) is 7.03. The lowest BCUT2D eigenvalue weighted by Crippen LogP contribution is -1.99. The van der Waals surface area contributed by atoms with Gasteiger partial charge in [0.05, 0.1) is 18.0 Å². The molecule has 1 aromatic heterocycles. The van der Waals surface area contributed by atoms with Crippen molar-refractivity contribution in [3.63, 3.8) is 0 Å². The van der Waals surface area contributed by atoms with Gasteiger partial charge in [-0.2, -0.15) is 5.10 Å². The largest absolute Gasteiger partial charge is 0.378 e. The summed E-state index contributed by atoms with van der Waals surface area (Å²) in [4.78, 5) is 0.938. The average Bonchev–Trinajstić information content (AvgIpc) is 3.10. The lowest BCUT2D eigenvalue weighted by atomic mass is 10.1. The molecule has 0 aliphatic carbocycles. The van der Waals surface area contributed by atoms with Crippen molar-refractivity contribution < 1.29 is 4.74 Å². The fourth-order valence-corrected chi connectivity index (χ4v) is 4.93. The molecule has 156 valence electrons. The van der Waals surface area contributed by atoms with Gasteiger partial charge in [-0.15, -0.1) is 0 Å². The van der Waals surface area contributed by atoms with Crippen molar-refractivity contribution in [2.24, 2.45) is 0 Å². The lowest BCUT2D eigenvalue weighted by Gasteiger charge is -2.09. The van der Waals surface area contributed by atoms with E-state index in [2.05, 4.69) is 24.3 Å². The molecule has 0 saturated carbocycles. The fourth-order valence-electron chi connectivity index (χ4n) is 3.15. The van der Waals surface area contributed by atoms with E-state index in [4.69, 9.17) is 33.0 Å². The topological polar surface area (TPSA) is 27.1 Å². The van der Waals surface area contributed by atoms with Gasteiger partial charge in [-0.05, 0) is 42.0 Å². The monoisotopic (exact) mass is 466 g/mol. The molecule has 0 bridgehead atoms. The Labute approximate surface area is 196 Å². The van der Waals surface area contributed by atoms with Gasteiger partial charge in [-0.25, -0.2) is 4.68 Å². The number of rotatable bonds is 7. The quantitative estimate of drug-likeness (QED) is 0.279. The maximum atomic E-state index is 6.25. The second-order valence-electron chi connectivity index (χ2n) is 6.80. The van der Waals surface area contributed by atoms with Crippen LogP contribution in [0, 0.1) is 0 Å². The number of hydrogen-bond donors (Lipinski definition) is 0. The number of hydrogen-bond acceptors (Lipinski definition) is 3. The minimum atomic E-state index is 0.401. The molecule has 0 fully saturated rings. The van der Waals surface area contributed by atoms with Crippen LogP contribution in [0.25, 0.3) is 17.8 Å². The Kier molecular flexibility index (Phi) is 7.15. The van der Waals surface area contributed by atoms with Crippen LogP contribution in [0.15, 0.2) is 88.8 Å². The van der Waals surface area contributed by atoms with Crippen molar-refractivity contribution in [1.29, 1.82) is 0 Å². The van der Waals surface area contributed by atoms with Crippen LogP contribution >= 0.6 is 35.0 Å². The molecule has 0 saturated heterocycles. The zero-order chi connectivity index (χ0) is 21.6. The summed E-state index contributed by atoms with van der Waals surface area (Å²) in [6.07, 6.45) is 4.17. The van der Waals surface area contributed by atoms with Crippen LogP contribution in [0.3, 0.4) is 0 Å². The molecule has 0 N–H and O–H groups in total. The molecule has 0 amide bonds. The van der Waals surface area contributed by atoms with E-state index in [1.165, 1.54) is 0 Å². The molecule has 1 heterocycles. The molecular weight excluding hydrogens is 447 g/mol. The van der Waals surface area contributed by atoms with Crippen LogP contribution in [0.1, 0.15) is 16.8 Å². The summed E-state index contributed by atoms with van der Waals surface area (Å²) in [6.45, 7) is 0.401. The first kappa shape index (κ1) is 21.7. The molecule has 4 aromatic rings. The highest BCUT2D eigenvalue weighted by Crippen LogP contribution is 2.37. The van der Waals surface area contributed by atoms with Gasteiger partial charge in [0.15, 0.2) is 0 Å². The highest BCUT2D eigenvalue weighted by molar-refractivity contribution is 7.99. The Morgan fingerprint density at radius 3 is 2.19 bits per heavy atom. The average molecular weight is 467 g/mol. The third-order valence-corrected chi connectivity index (χ3v) is 6.02. The van der Waals surface area contributed by atoms with Gasteiger partial charge in [-0.1, -0.05) is 89.6 Å². The minimum absolute atomic E-state index is 0.401. The third-order valence-electron chi connectivity index (χ3n) is 4.53. The van der Waals surface area contributed by atoms with Crippen molar-refractivity contribution in [2.45, 2.75) is 16.5 Å². The van der Waals surface area contributed by atoms with Crippen LogP contribution in [0.2, 0.25) is 10.0 Å². The van der Waals surface area contributed by atoms with E-state index in [0.29, 0.717) is 16.7 Å². The summed E-state index contributed by atoms with van der Waals surface area (Å²) in [5.41, 5.74) is 3.93. The van der Waals surface area contributed by atoms with Gasteiger partial charge in [0.1, 0.15) is 5.03 Å². The molecule has 0 atom stereocenters. The number of halogens is 2. The van der Waals surface area contributed by atoms with Crippen LogP contribution < -0.4 is 0 Å². The second-order valence-corrected chi connectivity index (χ2v) is 8.73. The Bertz CT molecular complexity index is 1170. The number of aromatic nitrogens is 2. The number of methoxy groups -OCH3 is 1. The summed E-state index contributed by atoms with van der Waals surface area (Å²) in [7, 11) is 1.68. The molecule has 0 radical (unpaired) electrons. The first-order chi connectivity index (χ1) is 15.1. The number of ether oxygens (including phenoxy) is 1. The molecular formula is C25H20Cl2N2OS. The van der Waals surface area contributed by atoms with Gasteiger partial charge in [0.25, 0.3) is 0 Å². The Balaban J connectivity index is 1.86. The summed E-state index contributed by atoms with van der Waals surface area (Å²) in [5.74, 6) is 0. The van der Waals surface area contributed by atoms with Crippen molar-refractivity contribution in [3.05, 3.63) is 106 Å². The van der Waals surface area contributed by atoms with E-state index in [1.807, 2.05) is 65.3 Å². The van der Waals surface area contributed by atoms with E-state index in [1.54, 1.807) is 24.9 Å². The first-order valence-electron chi connectivity index (χ1n) is 9.67. The summed E-state index contributed by atoms with van der Waals surface area (Å²) >= 11 is 14.1. The second kappa shape index (κ2) is 10.2. The Hall–Kier alpha value is -2.50. The van der Waals surface area contributed by atoms with Crippen molar-refractivity contribution >= 4 is 47.1 Å². The molecule has 0 aliphatic heterocycles. The third kappa shape index (κ3) is 5.41. The smallest absolute Gasteiger partial charge is 0.112 e. The predicted molar refractivity (Wildman–Crippen MR) is 130 cm³/mol. The van der Waals surface area contributed by atoms with Crippen LogP contribution in [0.4, 0.5) is 0 Å². The van der Waals surface area contributed by atoms with E-state index in [-0.39, 0.29) is 0 Å². The number of nitrogens with zero attached hydrogens (tertiary/aromatic N) is 2. The fraction of sp³-hybridized carbons (Fsp3) is 0.0800. The van der Waals surface area contributed by atoms with Crippen molar-refractivity contribution in [1.82, 2.24) is 9.78 Å². The van der Waals surface area contributed by atoms with Gasteiger partial charge >= 0.3 is 0 Å². The van der Waals surface area contributed by atoms with Gasteiger partial charge < -0.3 is 4.74 Å². The normalized spacial score (nSPS) is 11.3. The van der Waals surface area contributed by atoms with Crippen LogP contribution in [-0.2, 0) is 11.3 Å². The highest BCUT2D eigenvalue weighted by Gasteiger charge is 2.19. The van der Waals surface area contributed by atoms with E-state index < -0.39 is 0 Å². The number of benzene rings is 3. The van der Waals surface area contributed by atoms with Gasteiger partial charge in [0, 0.05) is 27.6 Å². The van der Waals surface area contributed by atoms with Crippen molar-refractivity contribution in [2.75, 3.05) is 7.11 Å². The van der Waals surface area contributed by atoms with Crippen molar-refractivity contribution in [3.8, 4) is 5.69 Å². The zero-order valence-electron chi connectivity index (χ0n) is 16.8. The van der Waals surface area contributed by atoms with Gasteiger partial charge in [0.2, 0.25) is 0 Å². The molecule has 4 rings (SSSR count). The first-order valence-corrected chi connectivity index (χ1v) is 11.2. The summed E-state index contributed by atoms with van der Waals surface area (Å²) < 4.78 is 7.39. The zero-order valence-corrected chi connectivity index (χ0v) is 19.2. The molecule has 0 spiro atoms. The molecule has 6 heteroatoms. The summed E-state index contributed by atoms with van der Waals surface area (Å²) in [6, 6.07) is 25.8. The Morgan fingerprint density at radius 1 is 0.903 bits per heavy atom. The molecule has 0 aliphatic rings. The van der Waals surface area contributed by atoms with E-state index in [9.17, 15) is 0 Å². The highest BCUT2D eigenvalue weighted by atomic mass is 35.5. The lowest BCUT2D eigenvalue weighted by molar-refractivity contribution is 0.181.